The van der Waals surface area contributed by atoms with Crippen LogP contribution >= 0.6 is 0 Å². The van der Waals surface area contributed by atoms with Crippen LogP contribution in [0.5, 0.6) is 0 Å². The van der Waals surface area contributed by atoms with E-state index in [-0.39, 0.29) is 17.7 Å². The maximum absolute atomic E-state index is 12.5. The summed E-state index contributed by atoms with van der Waals surface area (Å²) >= 11 is 0. The molecule has 3 saturated heterocycles. The number of amides is 2. The normalized spacial score (nSPS) is 21.4. The van der Waals surface area contributed by atoms with Crippen molar-refractivity contribution in [1.29, 1.82) is 0 Å². The Bertz CT molecular complexity index is 1800. The number of fused-ring (bicyclic) bond motifs is 2. The van der Waals surface area contributed by atoms with Crippen molar-refractivity contribution in [3.63, 3.8) is 0 Å². The Morgan fingerprint density at radius 2 is 1.75 bits per heavy atom. The van der Waals surface area contributed by atoms with Crippen molar-refractivity contribution in [3.8, 4) is 0 Å². The van der Waals surface area contributed by atoms with Gasteiger partial charge in [-0.15, -0.1) is 0 Å². The monoisotopic (exact) mass is 647 g/mol. The molecule has 2 amide bonds. The molecule has 48 heavy (non-hydrogen) atoms. The molecule has 6 heterocycles. The van der Waals surface area contributed by atoms with Crippen LogP contribution in [-0.4, -0.2) is 75.7 Å². The fraction of sp³-hybridized carbons (Fsp3) is 0.486. The Kier molecular flexibility index (Phi) is 8.56. The minimum Gasteiger partial charge on any atom is -0.372 e. The number of likely N-dealkylation sites (tertiary alicyclic amines) is 1. The predicted molar refractivity (Wildman–Crippen MR) is 186 cm³/mol. The second-order valence-corrected chi connectivity index (χ2v) is 14.1. The van der Waals surface area contributed by atoms with Crippen LogP contribution in [0.1, 0.15) is 72.9 Å². The van der Waals surface area contributed by atoms with E-state index in [0.717, 1.165) is 92.4 Å². The highest BCUT2D eigenvalue weighted by atomic mass is 16.2. The summed E-state index contributed by atoms with van der Waals surface area (Å²) in [5.74, 6) is 1.15. The third-order valence-corrected chi connectivity index (χ3v) is 11.0. The first-order valence-corrected chi connectivity index (χ1v) is 17.7. The Morgan fingerprint density at radius 3 is 2.54 bits per heavy atom. The highest BCUT2D eigenvalue weighted by Gasteiger charge is 2.32. The molecule has 250 valence electrons. The molecule has 4 aliphatic rings. The van der Waals surface area contributed by atoms with Crippen molar-refractivity contribution in [1.82, 2.24) is 35.3 Å². The van der Waals surface area contributed by atoms with Gasteiger partial charge in [0.1, 0.15) is 0 Å². The summed E-state index contributed by atoms with van der Waals surface area (Å²) in [4.78, 5) is 38.6. The number of aromatic nitrogens is 4. The van der Waals surface area contributed by atoms with Gasteiger partial charge in [-0.05, 0) is 111 Å². The van der Waals surface area contributed by atoms with E-state index < -0.39 is 0 Å². The molecular formula is C37H45N9O2. The number of aryl methyl sites for hydroxylation is 1. The van der Waals surface area contributed by atoms with Crippen molar-refractivity contribution in [2.75, 3.05) is 49.5 Å². The predicted octanol–water partition coefficient (Wildman–Crippen LogP) is 4.37. The van der Waals surface area contributed by atoms with Gasteiger partial charge in [0, 0.05) is 62.6 Å². The van der Waals surface area contributed by atoms with Crippen LogP contribution in [-0.2, 0) is 29.6 Å². The van der Waals surface area contributed by atoms with E-state index in [1.54, 1.807) is 0 Å². The molecule has 11 heteroatoms. The van der Waals surface area contributed by atoms with E-state index in [0.29, 0.717) is 24.7 Å². The highest BCUT2D eigenvalue weighted by Crippen LogP contribution is 2.35. The molecule has 4 aromatic rings. The average molecular weight is 648 g/mol. The van der Waals surface area contributed by atoms with Gasteiger partial charge in [0.05, 0.1) is 22.8 Å². The summed E-state index contributed by atoms with van der Waals surface area (Å²) in [6.45, 7) is 7.45. The van der Waals surface area contributed by atoms with Crippen LogP contribution in [0.15, 0.2) is 48.7 Å². The van der Waals surface area contributed by atoms with Gasteiger partial charge in [0.25, 0.3) is 0 Å². The summed E-state index contributed by atoms with van der Waals surface area (Å²) in [6, 6.07) is 15.3. The van der Waals surface area contributed by atoms with Gasteiger partial charge in [0.15, 0.2) is 0 Å². The van der Waals surface area contributed by atoms with Gasteiger partial charge in [-0.2, -0.15) is 5.10 Å². The van der Waals surface area contributed by atoms with Crippen LogP contribution in [0.2, 0.25) is 0 Å². The molecule has 0 aliphatic carbocycles. The van der Waals surface area contributed by atoms with Gasteiger partial charge in [0.2, 0.25) is 17.8 Å². The Morgan fingerprint density at radius 1 is 0.938 bits per heavy atom. The highest BCUT2D eigenvalue weighted by molar-refractivity contribution is 6.02. The number of piperidine rings is 3. The average Bonchev–Trinajstić information content (AvgIpc) is 3.44. The van der Waals surface area contributed by atoms with Gasteiger partial charge in [-0.3, -0.25) is 19.6 Å². The lowest BCUT2D eigenvalue weighted by Crippen LogP contribution is -2.41. The summed E-state index contributed by atoms with van der Waals surface area (Å²) in [5.41, 5.74) is 7.84. The maximum atomic E-state index is 12.5. The standard InChI is InChI=1S/C37H45N9O2/c1-44-33-20-26(2-7-30(33)35(43-44)31-8-9-34(47)42-36(31)48)25-13-16-45(17-14-25)23-24-11-18-46(19-12-24)29-5-3-28(4-6-29)40-37-39-21-27-10-15-38-22-32(27)41-37/h2-7,20-21,24-25,31,38H,8-19,22-23H2,1H3,(H,39,40,41)(H,42,47,48). The number of rotatable bonds is 7. The molecule has 0 bridgehead atoms. The second-order valence-electron chi connectivity index (χ2n) is 14.1. The molecule has 2 aromatic carbocycles. The molecule has 0 spiro atoms. The minimum absolute atomic E-state index is 0.193. The summed E-state index contributed by atoms with van der Waals surface area (Å²) < 4.78 is 1.90. The third-order valence-electron chi connectivity index (χ3n) is 11.0. The maximum Gasteiger partial charge on any atom is 0.235 e. The smallest absolute Gasteiger partial charge is 0.235 e. The molecule has 0 radical (unpaired) electrons. The van der Waals surface area contributed by atoms with Crippen LogP contribution < -0.4 is 20.9 Å². The Labute approximate surface area is 281 Å². The minimum atomic E-state index is -0.367. The summed E-state index contributed by atoms with van der Waals surface area (Å²) in [5, 5.41) is 15.0. The van der Waals surface area contributed by atoms with Crippen LogP contribution in [0, 0.1) is 5.92 Å². The van der Waals surface area contributed by atoms with Crippen molar-refractivity contribution < 1.29 is 9.59 Å². The number of hydrogen-bond acceptors (Lipinski definition) is 9. The lowest BCUT2D eigenvalue weighted by molar-refractivity contribution is -0.134. The number of hydrogen-bond donors (Lipinski definition) is 3. The quantitative estimate of drug-likeness (QED) is 0.251. The summed E-state index contributed by atoms with van der Waals surface area (Å²) in [7, 11) is 1.95. The number of imide groups is 1. The molecule has 1 unspecified atom stereocenters. The topological polar surface area (TPSA) is 120 Å². The second kappa shape index (κ2) is 13.3. The molecule has 4 aliphatic heterocycles. The van der Waals surface area contributed by atoms with Gasteiger partial charge in [-0.1, -0.05) is 12.1 Å². The number of anilines is 3. The fourth-order valence-corrected chi connectivity index (χ4v) is 8.13. The van der Waals surface area contributed by atoms with Crippen LogP contribution in [0.25, 0.3) is 10.9 Å². The first-order chi connectivity index (χ1) is 23.5. The molecule has 8 rings (SSSR count). The van der Waals surface area contributed by atoms with Gasteiger partial charge in [-0.25, -0.2) is 9.97 Å². The van der Waals surface area contributed by atoms with E-state index in [1.807, 2.05) is 17.9 Å². The summed E-state index contributed by atoms with van der Waals surface area (Å²) in [6.07, 6.45) is 8.60. The van der Waals surface area contributed by atoms with Crippen molar-refractivity contribution in [2.45, 2.75) is 63.3 Å². The Hall–Kier alpha value is -4.35. The van der Waals surface area contributed by atoms with E-state index in [4.69, 9.17) is 10.1 Å². The van der Waals surface area contributed by atoms with Gasteiger partial charge >= 0.3 is 0 Å². The van der Waals surface area contributed by atoms with Crippen LogP contribution in [0.3, 0.4) is 0 Å². The van der Waals surface area contributed by atoms with Gasteiger partial charge < -0.3 is 20.4 Å². The lowest BCUT2D eigenvalue weighted by Gasteiger charge is -2.38. The van der Waals surface area contributed by atoms with E-state index in [1.165, 1.54) is 36.2 Å². The number of nitrogens with one attached hydrogen (secondary N) is 3. The number of benzene rings is 2. The van der Waals surface area contributed by atoms with E-state index >= 15 is 0 Å². The van der Waals surface area contributed by atoms with Crippen molar-refractivity contribution >= 4 is 40.0 Å². The zero-order chi connectivity index (χ0) is 32.6. The lowest BCUT2D eigenvalue weighted by atomic mass is 9.87. The zero-order valence-electron chi connectivity index (χ0n) is 27.8. The first-order valence-electron chi connectivity index (χ1n) is 17.7. The zero-order valence-corrected chi connectivity index (χ0v) is 27.8. The largest absolute Gasteiger partial charge is 0.372 e. The number of carbonyl (C=O) groups is 2. The Balaban J connectivity index is 0.811. The van der Waals surface area contributed by atoms with Crippen molar-refractivity contribution in [3.05, 3.63) is 71.2 Å². The molecule has 3 N–H and O–H groups in total. The van der Waals surface area contributed by atoms with Crippen LogP contribution in [0.4, 0.5) is 17.3 Å². The first kappa shape index (κ1) is 31.0. The molecule has 11 nitrogen and oxygen atoms in total. The van der Waals surface area contributed by atoms with E-state index in [9.17, 15) is 9.59 Å². The molecule has 2 aromatic heterocycles. The molecule has 1 atom stereocenters. The molecule has 3 fully saturated rings. The number of nitrogens with zero attached hydrogens (tertiary/aromatic N) is 6. The third kappa shape index (κ3) is 6.41. The SMILES string of the molecule is Cn1nc(C2CCC(=O)NC2=O)c2ccc(C3CCN(CC4CCN(c5ccc(Nc6ncc7c(n6)CNCC7)cc5)CC4)CC3)cc21. The molecule has 0 saturated carbocycles. The molecular weight excluding hydrogens is 602 g/mol. The fourth-order valence-electron chi connectivity index (χ4n) is 8.13. The number of carbonyl (C=O) groups excluding carboxylic acids is 2. The van der Waals surface area contributed by atoms with Crippen molar-refractivity contribution in [2.24, 2.45) is 13.0 Å². The van der Waals surface area contributed by atoms with E-state index in [2.05, 4.69) is 73.2 Å².